The van der Waals surface area contributed by atoms with Gasteiger partial charge in [0.2, 0.25) is 5.91 Å². The predicted molar refractivity (Wildman–Crippen MR) is 83.1 cm³/mol. The maximum absolute atomic E-state index is 11.8. The Morgan fingerprint density at radius 2 is 1.95 bits per heavy atom. The molecule has 1 amide bonds. The molecule has 5 nitrogen and oxygen atoms in total. The van der Waals surface area contributed by atoms with Gasteiger partial charge in [0, 0.05) is 13.2 Å². The second-order valence-electron chi connectivity index (χ2n) is 5.56. The maximum atomic E-state index is 11.8. The smallest absolute Gasteiger partial charge is 0.237 e. The van der Waals surface area contributed by atoms with E-state index >= 15 is 0 Å². The third-order valence-electron chi connectivity index (χ3n) is 3.11. The van der Waals surface area contributed by atoms with Crippen LogP contribution in [-0.4, -0.2) is 36.8 Å². The number of benzene rings is 1. The molecule has 0 aliphatic carbocycles. The molecule has 4 N–H and O–H groups in total. The molecule has 0 saturated carbocycles. The Labute approximate surface area is 126 Å². The Morgan fingerprint density at radius 3 is 2.57 bits per heavy atom. The number of phenols is 1. The lowest BCUT2D eigenvalue weighted by Crippen LogP contribution is -2.43. The Balaban J connectivity index is 2.18. The molecule has 0 aliphatic rings. The van der Waals surface area contributed by atoms with E-state index in [1.807, 2.05) is 0 Å². The molecule has 0 saturated heterocycles. The second-order valence-corrected chi connectivity index (χ2v) is 5.56. The van der Waals surface area contributed by atoms with Crippen LogP contribution in [0.4, 0.5) is 0 Å². The summed E-state index contributed by atoms with van der Waals surface area (Å²) in [5.74, 6) is 0.643. The number of nitrogens with two attached hydrogens (primary N) is 1. The van der Waals surface area contributed by atoms with Crippen LogP contribution in [0.1, 0.15) is 25.8 Å². The van der Waals surface area contributed by atoms with E-state index in [0.717, 1.165) is 12.0 Å². The van der Waals surface area contributed by atoms with E-state index in [9.17, 15) is 9.90 Å². The molecule has 0 aliphatic heterocycles. The molecular weight excluding hydrogens is 268 g/mol. The Hall–Kier alpha value is -1.59. The molecule has 0 aromatic heterocycles. The minimum absolute atomic E-state index is 0.185. The van der Waals surface area contributed by atoms with E-state index < -0.39 is 6.04 Å². The molecule has 0 heterocycles. The van der Waals surface area contributed by atoms with E-state index in [0.29, 0.717) is 32.1 Å². The van der Waals surface area contributed by atoms with Gasteiger partial charge in [0.25, 0.3) is 0 Å². The van der Waals surface area contributed by atoms with E-state index in [2.05, 4.69) is 19.2 Å². The Morgan fingerprint density at radius 1 is 1.29 bits per heavy atom. The summed E-state index contributed by atoms with van der Waals surface area (Å²) in [6.45, 7) is 5.98. The van der Waals surface area contributed by atoms with Crippen molar-refractivity contribution in [3.8, 4) is 5.75 Å². The number of amides is 1. The molecule has 5 heteroatoms. The van der Waals surface area contributed by atoms with Gasteiger partial charge in [0.15, 0.2) is 0 Å². The molecule has 1 aromatic carbocycles. The number of nitrogens with one attached hydrogen (secondary N) is 1. The van der Waals surface area contributed by atoms with Gasteiger partial charge in [-0.25, -0.2) is 0 Å². The van der Waals surface area contributed by atoms with Crippen LogP contribution in [0, 0.1) is 5.92 Å². The van der Waals surface area contributed by atoms with Gasteiger partial charge in [-0.1, -0.05) is 26.0 Å². The van der Waals surface area contributed by atoms with E-state index in [-0.39, 0.29) is 11.7 Å². The maximum Gasteiger partial charge on any atom is 0.237 e. The number of rotatable bonds is 9. The molecule has 1 aromatic rings. The fourth-order valence-corrected chi connectivity index (χ4v) is 1.78. The van der Waals surface area contributed by atoms with Gasteiger partial charge in [0.05, 0.1) is 12.6 Å². The molecule has 1 atom stereocenters. The highest BCUT2D eigenvalue weighted by molar-refractivity contribution is 5.81. The lowest BCUT2D eigenvalue weighted by Gasteiger charge is -2.13. The average Bonchev–Trinajstić information content (AvgIpc) is 2.44. The number of aromatic hydroxyl groups is 1. The van der Waals surface area contributed by atoms with Crippen molar-refractivity contribution in [2.45, 2.75) is 32.7 Å². The molecule has 0 spiro atoms. The molecule has 0 fully saturated rings. The van der Waals surface area contributed by atoms with Gasteiger partial charge in [-0.2, -0.15) is 0 Å². The van der Waals surface area contributed by atoms with Gasteiger partial charge >= 0.3 is 0 Å². The van der Waals surface area contributed by atoms with Crippen LogP contribution >= 0.6 is 0 Å². The number of carbonyl (C=O) groups excluding carboxylic acids is 1. The van der Waals surface area contributed by atoms with Crippen LogP contribution in [0.15, 0.2) is 24.3 Å². The summed E-state index contributed by atoms with van der Waals surface area (Å²) in [5, 5.41) is 12.0. The first-order chi connectivity index (χ1) is 9.99. The van der Waals surface area contributed by atoms with Crippen molar-refractivity contribution >= 4 is 5.91 Å². The first-order valence-electron chi connectivity index (χ1n) is 7.38. The summed E-state index contributed by atoms with van der Waals surface area (Å²) < 4.78 is 5.42. The minimum atomic E-state index is -0.592. The van der Waals surface area contributed by atoms with Crippen molar-refractivity contribution in [2.75, 3.05) is 19.8 Å². The van der Waals surface area contributed by atoms with Gasteiger partial charge in [-0.15, -0.1) is 0 Å². The predicted octanol–water partition coefficient (Wildman–Crippen LogP) is 1.44. The minimum Gasteiger partial charge on any atom is -0.508 e. The lowest BCUT2D eigenvalue weighted by molar-refractivity contribution is -0.122. The van der Waals surface area contributed by atoms with Crippen molar-refractivity contribution in [2.24, 2.45) is 11.7 Å². The first-order valence-corrected chi connectivity index (χ1v) is 7.38. The number of hydrogen-bond acceptors (Lipinski definition) is 4. The van der Waals surface area contributed by atoms with Crippen molar-refractivity contribution in [1.82, 2.24) is 5.32 Å². The van der Waals surface area contributed by atoms with Gasteiger partial charge in [-0.05, 0) is 36.5 Å². The number of hydrogen-bond donors (Lipinski definition) is 3. The van der Waals surface area contributed by atoms with Crippen LogP contribution in [0.25, 0.3) is 0 Å². The van der Waals surface area contributed by atoms with Crippen LogP contribution in [0.5, 0.6) is 5.75 Å². The van der Waals surface area contributed by atoms with Crippen molar-refractivity contribution in [1.29, 1.82) is 0 Å². The van der Waals surface area contributed by atoms with Gasteiger partial charge in [0.1, 0.15) is 5.75 Å². The second kappa shape index (κ2) is 9.37. The summed E-state index contributed by atoms with van der Waals surface area (Å²) >= 11 is 0. The highest BCUT2D eigenvalue weighted by Gasteiger charge is 2.13. The molecule has 0 bridgehead atoms. The Bertz CT molecular complexity index is 418. The zero-order valence-corrected chi connectivity index (χ0v) is 12.8. The van der Waals surface area contributed by atoms with Crippen LogP contribution in [-0.2, 0) is 16.0 Å². The Kier molecular flexibility index (Phi) is 7.79. The van der Waals surface area contributed by atoms with Gasteiger partial charge in [-0.3, -0.25) is 4.79 Å². The van der Waals surface area contributed by atoms with Crippen molar-refractivity contribution in [3.05, 3.63) is 29.8 Å². The third kappa shape index (κ3) is 7.68. The summed E-state index contributed by atoms with van der Waals surface area (Å²) in [5.41, 5.74) is 6.77. The van der Waals surface area contributed by atoms with E-state index in [4.69, 9.17) is 10.5 Å². The highest BCUT2D eigenvalue weighted by atomic mass is 16.5. The standard InChI is InChI=1S/C16H26N2O3/c1-12(2)7-9-21-10-8-18-16(20)15(17)11-13-3-5-14(19)6-4-13/h3-6,12,15,19H,7-11,17H2,1-2H3,(H,18,20). The summed E-state index contributed by atoms with van der Waals surface area (Å²) in [7, 11) is 0. The lowest BCUT2D eigenvalue weighted by atomic mass is 10.1. The third-order valence-corrected chi connectivity index (χ3v) is 3.11. The van der Waals surface area contributed by atoms with Crippen LogP contribution in [0.3, 0.4) is 0 Å². The molecule has 1 rings (SSSR count). The SMILES string of the molecule is CC(C)CCOCCNC(=O)C(N)Cc1ccc(O)cc1. The highest BCUT2D eigenvalue weighted by Crippen LogP contribution is 2.10. The molecule has 0 radical (unpaired) electrons. The number of ether oxygens (including phenoxy) is 1. The zero-order valence-electron chi connectivity index (χ0n) is 12.8. The topological polar surface area (TPSA) is 84.6 Å². The quantitative estimate of drug-likeness (QED) is 0.602. The van der Waals surface area contributed by atoms with Crippen molar-refractivity contribution in [3.63, 3.8) is 0 Å². The van der Waals surface area contributed by atoms with E-state index in [1.54, 1.807) is 24.3 Å². The number of phenolic OH excluding ortho intramolecular Hbond substituents is 1. The number of carbonyl (C=O) groups is 1. The summed E-state index contributed by atoms with van der Waals surface area (Å²) in [6.07, 6.45) is 1.47. The molecular formula is C16H26N2O3. The fourth-order valence-electron chi connectivity index (χ4n) is 1.78. The summed E-state index contributed by atoms with van der Waals surface area (Å²) in [4.78, 5) is 11.8. The van der Waals surface area contributed by atoms with Crippen LogP contribution in [0.2, 0.25) is 0 Å². The molecule has 1 unspecified atom stereocenters. The molecule has 21 heavy (non-hydrogen) atoms. The normalized spacial score (nSPS) is 12.4. The van der Waals surface area contributed by atoms with Crippen molar-refractivity contribution < 1.29 is 14.6 Å². The monoisotopic (exact) mass is 294 g/mol. The molecule has 118 valence electrons. The fraction of sp³-hybridized carbons (Fsp3) is 0.562. The average molecular weight is 294 g/mol. The zero-order chi connectivity index (χ0) is 15.7. The largest absolute Gasteiger partial charge is 0.508 e. The van der Waals surface area contributed by atoms with Crippen LogP contribution < -0.4 is 11.1 Å². The van der Waals surface area contributed by atoms with E-state index in [1.165, 1.54) is 0 Å². The summed E-state index contributed by atoms with van der Waals surface area (Å²) in [6, 6.07) is 6.10. The van der Waals surface area contributed by atoms with Gasteiger partial charge < -0.3 is 20.9 Å². The first kappa shape index (κ1) is 17.5.